The maximum Gasteiger partial charge on any atom is 0.338 e. The van der Waals surface area contributed by atoms with E-state index in [-0.39, 0.29) is 5.78 Å². The van der Waals surface area contributed by atoms with E-state index in [1.165, 1.54) is 70.9 Å². The first kappa shape index (κ1) is 26.2. The third-order valence-electron chi connectivity index (χ3n) is 5.19. The average Bonchev–Trinajstić information content (AvgIpc) is 2.72. The van der Waals surface area contributed by atoms with Gasteiger partial charge in [-0.05, 0) is 38.5 Å². The molecule has 0 spiro atoms. The van der Waals surface area contributed by atoms with Crippen LogP contribution in [-0.2, 0) is 14.3 Å². The number of unbranched alkanes of at least 4 members (excludes halogenated alkanes) is 9. The molecule has 0 radical (unpaired) electrons. The van der Waals surface area contributed by atoms with E-state index in [1.807, 2.05) is 0 Å². The molecule has 0 aromatic heterocycles. The molecule has 1 aromatic carbocycles. The Morgan fingerprint density at radius 3 is 2.10 bits per heavy atom. The van der Waals surface area contributed by atoms with E-state index in [4.69, 9.17) is 16.3 Å². The molecule has 0 bridgehead atoms. The number of hydrogen-bond acceptors (Lipinski definition) is 4. The molecule has 1 atom stereocenters. The van der Waals surface area contributed by atoms with Crippen molar-refractivity contribution in [2.24, 2.45) is 5.92 Å². The normalized spacial score (nSPS) is 11.7. The van der Waals surface area contributed by atoms with Gasteiger partial charge in [-0.25, -0.2) is 4.79 Å². The highest BCUT2D eigenvalue weighted by Gasteiger charge is 2.19. The number of ether oxygens (including phenoxy) is 1. The van der Waals surface area contributed by atoms with E-state index in [2.05, 4.69) is 12.2 Å². The van der Waals surface area contributed by atoms with Gasteiger partial charge in [-0.15, -0.1) is 0 Å². The number of benzene rings is 1. The number of esters is 1. The summed E-state index contributed by atoms with van der Waals surface area (Å²) in [6.07, 6.45) is 12.2. The van der Waals surface area contributed by atoms with Gasteiger partial charge in [-0.3, -0.25) is 9.59 Å². The predicted molar refractivity (Wildman–Crippen MR) is 122 cm³/mol. The number of hydrogen-bond donors (Lipinski definition) is 1. The smallest absolute Gasteiger partial charge is 0.338 e. The molecule has 0 fully saturated rings. The number of ketones is 1. The standard InChI is InChI=1S/C24H36ClNO4/c1-4-5-6-7-8-9-10-11-12-13-16-30-24(29)20-14-15-21(25)22(17-20)26-23(28)18(2)19(3)27/h14-15,17-18H,4-13,16H2,1-3H3,(H,26,28). The molecule has 0 aliphatic rings. The first-order valence-corrected chi connectivity index (χ1v) is 11.5. The molecule has 0 saturated heterocycles. The van der Waals surface area contributed by atoms with Gasteiger partial charge in [-0.2, -0.15) is 0 Å². The van der Waals surface area contributed by atoms with Crippen LogP contribution in [0, 0.1) is 5.92 Å². The fourth-order valence-corrected chi connectivity index (χ4v) is 3.18. The van der Waals surface area contributed by atoms with Crippen LogP contribution in [0.1, 0.15) is 95.3 Å². The molecule has 1 aromatic rings. The minimum atomic E-state index is -0.784. The topological polar surface area (TPSA) is 72.5 Å². The summed E-state index contributed by atoms with van der Waals surface area (Å²) >= 11 is 6.10. The lowest BCUT2D eigenvalue weighted by molar-refractivity contribution is -0.129. The van der Waals surface area contributed by atoms with Crippen LogP contribution in [-0.4, -0.2) is 24.3 Å². The number of halogens is 1. The number of carbonyl (C=O) groups excluding carboxylic acids is 3. The van der Waals surface area contributed by atoms with Crippen molar-refractivity contribution in [3.05, 3.63) is 28.8 Å². The Labute approximate surface area is 185 Å². The monoisotopic (exact) mass is 437 g/mol. The highest BCUT2D eigenvalue weighted by molar-refractivity contribution is 6.34. The zero-order valence-corrected chi connectivity index (χ0v) is 19.4. The molecule has 5 nitrogen and oxygen atoms in total. The zero-order chi connectivity index (χ0) is 22.4. The molecule has 0 aliphatic carbocycles. The molecule has 30 heavy (non-hydrogen) atoms. The minimum absolute atomic E-state index is 0.240. The number of amides is 1. The van der Waals surface area contributed by atoms with Crippen molar-refractivity contribution in [3.63, 3.8) is 0 Å². The van der Waals surface area contributed by atoms with Crippen LogP contribution in [0.25, 0.3) is 0 Å². The van der Waals surface area contributed by atoms with E-state index < -0.39 is 17.8 Å². The summed E-state index contributed by atoms with van der Waals surface area (Å²) in [6, 6.07) is 4.58. The number of Topliss-reactive ketones (excluding diaryl/α,β-unsaturated/α-hetero) is 1. The maximum absolute atomic E-state index is 12.3. The van der Waals surface area contributed by atoms with Gasteiger partial charge in [0, 0.05) is 0 Å². The molecule has 0 saturated carbocycles. The second kappa shape index (κ2) is 15.0. The summed E-state index contributed by atoms with van der Waals surface area (Å²) in [5.74, 6) is -1.93. The Hall–Kier alpha value is -1.88. The van der Waals surface area contributed by atoms with E-state index in [0.29, 0.717) is 22.9 Å². The zero-order valence-electron chi connectivity index (χ0n) is 18.6. The van der Waals surface area contributed by atoms with Gasteiger partial charge in [0.1, 0.15) is 5.78 Å². The lowest BCUT2D eigenvalue weighted by Gasteiger charge is -2.12. The van der Waals surface area contributed by atoms with Crippen LogP contribution >= 0.6 is 11.6 Å². The third-order valence-corrected chi connectivity index (χ3v) is 5.52. The van der Waals surface area contributed by atoms with E-state index in [1.54, 1.807) is 6.07 Å². The summed E-state index contributed by atoms with van der Waals surface area (Å²) in [4.78, 5) is 35.7. The average molecular weight is 438 g/mol. The molecular weight excluding hydrogens is 402 g/mol. The number of anilines is 1. The van der Waals surface area contributed by atoms with Crippen molar-refractivity contribution >= 4 is 34.9 Å². The quantitative estimate of drug-likeness (QED) is 0.191. The van der Waals surface area contributed by atoms with Gasteiger partial charge in [0.25, 0.3) is 0 Å². The van der Waals surface area contributed by atoms with Crippen molar-refractivity contribution in [2.45, 2.75) is 85.0 Å². The highest BCUT2D eigenvalue weighted by atomic mass is 35.5. The number of carbonyl (C=O) groups is 3. The van der Waals surface area contributed by atoms with Crippen molar-refractivity contribution in [3.8, 4) is 0 Å². The van der Waals surface area contributed by atoms with Gasteiger partial charge in [-0.1, -0.05) is 76.3 Å². The molecular formula is C24H36ClNO4. The first-order chi connectivity index (χ1) is 14.4. The SMILES string of the molecule is CCCCCCCCCCCCOC(=O)c1ccc(Cl)c(NC(=O)C(C)C(C)=O)c1. The Kier molecular flexibility index (Phi) is 13.1. The Bertz CT molecular complexity index is 690. The predicted octanol–water partition coefficient (Wildman–Crippen LogP) is 6.58. The minimum Gasteiger partial charge on any atom is -0.462 e. The van der Waals surface area contributed by atoms with Gasteiger partial charge in [0.2, 0.25) is 5.91 Å². The highest BCUT2D eigenvalue weighted by Crippen LogP contribution is 2.24. The lowest BCUT2D eigenvalue weighted by atomic mass is 10.1. The van der Waals surface area contributed by atoms with Crippen LogP contribution in [0.4, 0.5) is 5.69 Å². The largest absolute Gasteiger partial charge is 0.462 e. The second-order valence-corrected chi connectivity index (χ2v) is 8.24. The van der Waals surface area contributed by atoms with E-state index in [9.17, 15) is 14.4 Å². The Balaban J connectivity index is 2.32. The molecule has 1 N–H and O–H groups in total. The third kappa shape index (κ3) is 10.2. The summed E-state index contributed by atoms with van der Waals surface area (Å²) in [5.41, 5.74) is 0.611. The van der Waals surface area contributed by atoms with Crippen LogP contribution < -0.4 is 5.32 Å². The molecule has 168 valence electrons. The van der Waals surface area contributed by atoms with Crippen LogP contribution in [0.2, 0.25) is 5.02 Å². The van der Waals surface area contributed by atoms with Crippen molar-refractivity contribution in [1.29, 1.82) is 0 Å². The second-order valence-electron chi connectivity index (χ2n) is 7.83. The Morgan fingerprint density at radius 2 is 1.53 bits per heavy atom. The Morgan fingerprint density at radius 1 is 0.967 bits per heavy atom. The van der Waals surface area contributed by atoms with Gasteiger partial charge >= 0.3 is 5.97 Å². The molecule has 1 unspecified atom stereocenters. The van der Waals surface area contributed by atoms with Gasteiger partial charge in [0.15, 0.2) is 0 Å². The molecule has 0 heterocycles. The fourth-order valence-electron chi connectivity index (χ4n) is 3.01. The van der Waals surface area contributed by atoms with Crippen molar-refractivity contribution in [1.82, 2.24) is 0 Å². The van der Waals surface area contributed by atoms with Crippen LogP contribution in [0.3, 0.4) is 0 Å². The fraction of sp³-hybridized carbons (Fsp3) is 0.625. The summed E-state index contributed by atoms with van der Waals surface area (Å²) in [7, 11) is 0. The van der Waals surface area contributed by atoms with E-state index >= 15 is 0 Å². The molecule has 1 amide bonds. The molecule has 6 heteroatoms. The summed E-state index contributed by atoms with van der Waals surface area (Å²) in [5, 5.41) is 2.90. The maximum atomic E-state index is 12.3. The van der Waals surface area contributed by atoms with Crippen LogP contribution in [0.15, 0.2) is 18.2 Å². The van der Waals surface area contributed by atoms with Crippen molar-refractivity contribution < 1.29 is 19.1 Å². The van der Waals surface area contributed by atoms with Gasteiger partial charge in [0.05, 0.1) is 28.8 Å². The number of nitrogens with one attached hydrogen (secondary N) is 1. The van der Waals surface area contributed by atoms with Crippen molar-refractivity contribution in [2.75, 3.05) is 11.9 Å². The van der Waals surface area contributed by atoms with Gasteiger partial charge < -0.3 is 10.1 Å². The molecule has 1 rings (SSSR count). The van der Waals surface area contributed by atoms with E-state index in [0.717, 1.165) is 19.3 Å². The molecule has 0 aliphatic heterocycles. The lowest BCUT2D eigenvalue weighted by Crippen LogP contribution is -2.25. The first-order valence-electron chi connectivity index (χ1n) is 11.1. The summed E-state index contributed by atoms with van der Waals surface area (Å²) in [6.45, 7) is 5.48. The summed E-state index contributed by atoms with van der Waals surface area (Å²) < 4.78 is 5.34. The number of rotatable bonds is 15. The van der Waals surface area contributed by atoms with Crippen LogP contribution in [0.5, 0.6) is 0 Å².